The molecule has 1 aromatic heterocycles. The van der Waals surface area contributed by atoms with Crippen molar-refractivity contribution in [1.82, 2.24) is 10.2 Å². The van der Waals surface area contributed by atoms with Crippen LogP contribution in [-0.2, 0) is 4.79 Å². The highest BCUT2D eigenvalue weighted by Gasteiger charge is 2.23. The minimum absolute atomic E-state index is 0.0258. The average Bonchev–Trinajstić information content (AvgIpc) is 3.29. The van der Waals surface area contributed by atoms with E-state index in [2.05, 4.69) is 27.6 Å². The number of nitrogens with zero attached hydrogens (tertiary/aromatic N) is 4. The lowest BCUT2D eigenvalue weighted by molar-refractivity contribution is -0.116. The van der Waals surface area contributed by atoms with Gasteiger partial charge in [0.2, 0.25) is 11.0 Å². The first-order valence-electron chi connectivity index (χ1n) is 8.53. The molecule has 1 fully saturated rings. The lowest BCUT2D eigenvalue weighted by Gasteiger charge is -2.22. The monoisotopic (exact) mass is 387 g/mol. The third-order valence-corrected chi connectivity index (χ3v) is 5.87. The second kappa shape index (κ2) is 8.52. The first-order chi connectivity index (χ1) is 12.5. The molecule has 1 aliphatic carbocycles. The van der Waals surface area contributed by atoms with Gasteiger partial charge in [0.15, 0.2) is 4.34 Å². The summed E-state index contributed by atoms with van der Waals surface area (Å²) in [5.74, 6) is 0.249. The molecular formula is C18H21N5OS2. The number of rotatable bonds is 8. The van der Waals surface area contributed by atoms with Gasteiger partial charge in [-0.3, -0.25) is 4.79 Å². The van der Waals surface area contributed by atoms with E-state index >= 15 is 0 Å². The van der Waals surface area contributed by atoms with E-state index in [9.17, 15) is 4.79 Å². The predicted octanol–water partition coefficient (Wildman–Crippen LogP) is 3.77. The number of carbonyl (C=O) groups excluding carboxylic acids is 1. The molecule has 1 saturated carbocycles. The number of carbonyl (C=O) groups is 1. The van der Waals surface area contributed by atoms with Crippen molar-refractivity contribution in [3.8, 4) is 6.07 Å². The Balaban J connectivity index is 1.64. The highest BCUT2D eigenvalue weighted by atomic mass is 32.2. The Morgan fingerprint density at radius 1 is 1.35 bits per heavy atom. The molecule has 1 aliphatic rings. The quantitative estimate of drug-likeness (QED) is 0.695. The Kier molecular flexibility index (Phi) is 6.12. The molecule has 1 heterocycles. The largest absolute Gasteiger partial charge is 0.357 e. The van der Waals surface area contributed by atoms with Crippen LogP contribution in [0.2, 0.25) is 0 Å². The molecule has 0 saturated heterocycles. The highest BCUT2D eigenvalue weighted by molar-refractivity contribution is 8.01. The summed E-state index contributed by atoms with van der Waals surface area (Å²) in [4.78, 5) is 14.5. The van der Waals surface area contributed by atoms with Crippen molar-refractivity contribution in [2.75, 3.05) is 22.5 Å². The Hall–Kier alpha value is -2.11. The number of benzene rings is 1. The second-order valence-electron chi connectivity index (χ2n) is 6.38. The van der Waals surface area contributed by atoms with Gasteiger partial charge in [-0.2, -0.15) is 5.26 Å². The third-order valence-electron chi connectivity index (χ3n) is 3.90. The number of anilines is 2. The Labute approximate surface area is 161 Å². The van der Waals surface area contributed by atoms with Crippen molar-refractivity contribution >= 4 is 39.8 Å². The molecule has 1 amide bonds. The SMILES string of the molecule is Cc1cc(C)cc(N(CCC#N)C(=O)CSc2nnc(NC3CC3)s2)c1. The number of hydrogen-bond donors (Lipinski definition) is 1. The molecule has 0 atom stereocenters. The summed E-state index contributed by atoms with van der Waals surface area (Å²) in [7, 11) is 0. The molecule has 6 nitrogen and oxygen atoms in total. The Morgan fingerprint density at radius 3 is 2.73 bits per heavy atom. The number of thioether (sulfide) groups is 1. The van der Waals surface area contributed by atoms with Crippen LogP contribution in [0.4, 0.5) is 10.8 Å². The van der Waals surface area contributed by atoms with Crippen LogP contribution in [0.15, 0.2) is 22.5 Å². The second-order valence-corrected chi connectivity index (χ2v) is 8.58. The smallest absolute Gasteiger partial charge is 0.237 e. The van der Waals surface area contributed by atoms with Crippen molar-refractivity contribution in [3.05, 3.63) is 29.3 Å². The highest BCUT2D eigenvalue weighted by Crippen LogP contribution is 2.30. The maximum atomic E-state index is 12.8. The maximum absolute atomic E-state index is 12.8. The van der Waals surface area contributed by atoms with Crippen LogP contribution < -0.4 is 10.2 Å². The van der Waals surface area contributed by atoms with Gasteiger partial charge in [-0.05, 0) is 49.9 Å². The summed E-state index contributed by atoms with van der Waals surface area (Å²) >= 11 is 2.87. The van der Waals surface area contributed by atoms with E-state index in [0.29, 0.717) is 19.0 Å². The molecule has 2 aromatic rings. The standard InChI is InChI=1S/C18H21N5OS2/c1-12-8-13(2)10-15(9-12)23(7-3-6-19)16(24)11-25-18-22-21-17(26-18)20-14-4-5-14/h8-10,14H,3-5,7,11H2,1-2H3,(H,20,21). The van der Waals surface area contributed by atoms with E-state index in [-0.39, 0.29) is 11.7 Å². The molecule has 26 heavy (non-hydrogen) atoms. The Bertz CT molecular complexity index is 805. The summed E-state index contributed by atoms with van der Waals surface area (Å²) in [5, 5.41) is 21.3. The molecule has 0 radical (unpaired) electrons. The van der Waals surface area contributed by atoms with Gasteiger partial charge in [-0.1, -0.05) is 29.2 Å². The van der Waals surface area contributed by atoms with Crippen LogP contribution in [0.5, 0.6) is 0 Å². The lowest BCUT2D eigenvalue weighted by atomic mass is 10.1. The number of hydrogen-bond acceptors (Lipinski definition) is 7. The number of amides is 1. The molecule has 0 bridgehead atoms. The van der Waals surface area contributed by atoms with E-state index in [4.69, 9.17) is 5.26 Å². The minimum atomic E-state index is -0.0258. The zero-order valence-corrected chi connectivity index (χ0v) is 16.5. The predicted molar refractivity (Wildman–Crippen MR) is 106 cm³/mol. The maximum Gasteiger partial charge on any atom is 0.237 e. The first kappa shape index (κ1) is 18.7. The molecule has 0 unspecified atom stereocenters. The van der Waals surface area contributed by atoms with Crippen LogP contribution >= 0.6 is 23.1 Å². The van der Waals surface area contributed by atoms with Crippen molar-refractivity contribution in [2.45, 2.75) is 43.5 Å². The van der Waals surface area contributed by atoms with Gasteiger partial charge in [0.25, 0.3) is 0 Å². The summed E-state index contributed by atoms with van der Waals surface area (Å²) in [6.07, 6.45) is 2.67. The Morgan fingerprint density at radius 2 is 2.08 bits per heavy atom. The molecule has 136 valence electrons. The molecular weight excluding hydrogens is 366 g/mol. The molecule has 1 N–H and O–H groups in total. The normalized spacial score (nSPS) is 13.3. The van der Waals surface area contributed by atoms with Crippen molar-refractivity contribution in [2.24, 2.45) is 0 Å². The van der Waals surface area contributed by atoms with Gasteiger partial charge in [-0.15, -0.1) is 10.2 Å². The summed E-state index contributed by atoms with van der Waals surface area (Å²) in [6.45, 7) is 4.41. The van der Waals surface area contributed by atoms with Gasteiger partial charge >= 0.3 is 0 Å². The fourth-order valence-electron chi connectivity index (χ4n) is 2.60. The van der Waals surface area contributed by atoms with E-state index in [1.165, 1.54) is 35.9 Å². The molecule has 0 spiro atoms. The molecule has 3 rings (SSSR count). The van der Waals surface area contributed by atoms with Crippen LogP contribution in [0.1, 0.15) is 30.4 Å². The third kappa shape index (κ3) is 5.19. The minimum Gasteiger partial charge on any atom is -0.357 e. The van der Waals surface area contributed by atoms with Crippen molar-refractivity contribution in [3.63, 3.8) is 0 Å². The topological polar surface area (TPSA) is 81.9 Å². The van der Waals surface area contributed by atoms with E-state index in [0.717, 1.165) is 26.3 Å². The zero-order valence-electron chi connectivity index (χ0n) is 14.9. The molecule has 0 aliphatic heterocycles. The number of nitrogens with one attached hydrogen (secondary N) is 1. The molecule has 8 heteroatoms. The van der Waals surface area contributed by atoms with Gasteiger partial charge in [-0.25, -0.2) is 0 Å². The number of nitriles is 1. The lowest BCUT2D eigenvalue weighted by Crippen LogP contribution is -2.33. The summed E-state index contributed by atoms with van der Waals surface area (Å²) in [5.41, 5.74) is 3.04. The van der Waals surface area contributed by atoms with Gasteiger partial charge in [0.05, 0.1) is 18.2 Å². The summed E-state index contributed by atoms with van der Waals surface area (Å²) < 4.78 is 0.780. The fourth-order valence-corrected chi connectivity index (χ4v) is 4.30. The van der Waals surface area contributed by atoms with E-state index in [1.54, 1.807) is 4.90 Å². The number of aryl methyl sites for hydroxylation is 2. The van der Waals surface area contributed by atoms with Gasteiger partial charge in [0, 0.05) is 18.3 Å². The zero-order chi connectivity index (χ0) is 18.5. The fraction of sp³-hybridized carbons (Fsp3) is 0.444. The van der Waals surface area contributed by atoms with Gasteiger partial charge in [0.1, 0.15) is 0 Å². The van der Waals surface area contributed by atoms with Crippen LogP contribution in [0.3, 0.4) is 0 Å². The average molecular weight is 388 g/mol. The molecule has 1 aromatic carbocycles. The van der Waals surface area contributed by atoms with Crippen molar-refractivity contribution < 1.29 is 4.79 Å². The van der Waals surface area contributed by atoms with E-state index in [1.807, 2.05) is 26.0 Å². The summed E-state index contributed by atoms with van der Waals surface area (Å²) in [6, 6.07) is 8.69. The van der Waals surface area contributed by atoms with Crippen LogP contribution in [-0.4, -0.2) is 34.4 Å². The van der Waals surface area contributed by atoms with E-state index < -0.39 is 0 Å². The van der Waals surface area contributed by atoms with Crippen LogP contribution in [0, 0.1) is 25.2 Å². The van der Waals surface area contributed by atoms with Crippen molar-refractivity contribution in [1.29, 1.82) is 5.26 Å². The first-order valence-corrected chi connectivity index (χ1v) is 10.3. The number of aromatic nitrogens is 2. The van der Waals surface area contributed by atoms with Crippen LogP contribution in [0.25, 0.3) is 0 Å². The van der Waals surface area contributed by atoms with Gasteiger partial charge < -0.3 is 10.2 Å².